The summed E-state index contributed by atoms with van der Waals surface area (Å²) in [5.74, 6) is 2.47. The molecule has 144 valence electrons. The van der Waals surface area contributed by atoms with E-state index >= 15 is 0 Å². The lowest BCUT2D eigenvalue weighted by Gasteiger charge is -2.35. The summed E-state index contributed by atoms with van der Waals surface area (Å²) in [6.07, 6.45) is 2.84. The molecule has 0 spiro atoms. The van der Waals surface area contributed by atoms with E-state index in [-0.39, 0.29) is 11.7 Å². The predicted octanol–water partition coefficient (Wildman–Crippen LogP) is 4.65. The van der Waals surface area contributed by atoms with Crippen molar-refractivity contribution < 1.29 is 4.79 Å². The molecule has 1 aliphatic heterocycles. The normalized spacial score (nSPS) is 19.8. The molecule has 1 aromatic carbocycles. The number of anilines is 2. The fraction of sp³-hybridized carbons (Fsp3) is 0.450. The van der Waals surface area contributed by atoms with Gasteiger partial charge in [-0.2, -0.15) is 0 Å². The first-order chi connectivity index (χ1) is 12.9. The maximum atomic E-state index is 12.3. The molecule has 5 nitrogen and oxygen atoms in total. The molecule has 0 radical (unpaired) electrons. The van der Waals surface area contributed by atoms with Gasteiger partial charge in [-0.15, -0.1) is 0 Å². The number of rotatable bonds is 5. The quantitative estimate of drug-likeness (QED) is 0.580. The van der Waals surface area contributed by atoms with Crippen LogP contribution in [0.25, 0.3) is 0 Å². The summed E-state index contributed by atoms with van der Waals surface area (Å²) in [6.45, 7) is 8.53. The predicted molar refractivity (Wildman–Crippen MR) is 113 cm³/mol. The molecule has 2 aromatic rings. The van der Waals surface area contributed by atoms with Crippen molar-refractivity contribution >= 4 is 40.8 Å². The topological polar surface area (TPSA) is 58.1 Å². The Balaban J connectivity index is 1.59. The molecular weight excluding hydrogens is 380 g/mol. The third kappa shape index (κ3) is 5.59. The third-order valence-corrected chi connectivity index (χ3v) is 5.81. The van der Waals surface area contributed by atoms with Gasteiger partial charge in [0.1, 0.15) is 17.2 Å². The van der Waals surface area contributed by atoms with Gasteiger partial charge in [-0.3, -0.25) is 4.79 Å². The minimum Gasteiger partial charge on any atom is -0.356 e. The molecule has 0 unspecified atom stereocenters. The fourth-order valence-electron chi connectivity index (χ4n) is 3.49. The van der Waals surface area contributed by atoms with E-state index in [4.69, 9.17) is 11.6 Å². The van der Waals surface area contributed by atoms with Gasteiger partial charge in [0.05, 0.1) is 5.75 Å². The Morgan fingerprint density at radius 2 is 2.00 bits per heavy atom. The van der Waals surface area contributed by atoms with Crippen LogP contribution in [0.15, 0.2) is 35.6 Å². The number of benzene rings is 1. The van der Waals surface area contributed by atoms with Crippen LogP contribution >= 0.6 is 23.4 Å². The first-order valence-electron chi connectivity index (χ1n) is 9.16. The maximum Gasteiger partial charge on any atom is 0.234 e. The van der Waals surface area contributed by atoms with Crippen molar-refractivity contribution in [2.45, 2.75) is 32.2 Å². The van der Waals surface area contributed by atoms with E-state index in [9.17, 15) is 4.79 Å². The molecule has 0 aliphatic carbocycles. The lowest BCUT2D eigenvalue weighted by molar-refractivity contribution is -0.113. The van der Waals surface area contributed by atoms with Crippen LogP contribution in [0, 0.1) is 18.8 Å². The monoisotopic (exact) mass is 404 g/mol. The SMILES string of the molecule is Cc1ccc(Cl)cc1NC(=O)CSc1cc(N2C[C@@H](C)C[C@H](C)C2)ncn1. The van der Waals surface area contributed by atoms with Crippen molar-refractivity contribution in [3.8, 4) is 0 Å². The summed E-state index contributed by atoms with van der Waals surface area (Å²) >= 11 is 7.42. The number of hydrogen-bond donors (Lipinski definition) is 1. The summed E-state index contributed by atoms with van der Waals surface area (Å²) in [4.78, 5) is 23.4. The number of aryl methyl sites for hydroxylation is 1. The molecule has 0 bridgehead atoms. The summed E-state index contributed by atoms with van der Waals surface area (Å²) in [5, 5.41) is 4.33. The molecule has 7 heteroatoms. The lowest BCUT2D eigenvalue weighted by atomic mass is 9.92. The number of halogens is 1. The molecule has 2 heterocycles. The van der Waals surface area contributed by atoms with Crippen molar-refractivity contribution in [3.05, 3.63) is 41.2 Å². The van der Waals surface area contributed by atoms with E-state index in [0.717, 1.165) is 35.2 Å². The zero-order valence-corrected chi connectivity index (χ0v) is 17.5. The molecule has 1 saturated heterocycles. The number of piperidine rings is 1. The molecule has 1 amide bonds. The van der Waals surface area contributed by atoms with Crippen molar-refractivity contribution in [2.75, 3.05) is 29.1 Å². The van der Waals surface area contributed by atoms with E-state index in [1.807, 2.05) is 25.1 Å². The molecular formula is C20H25ClN4OS. The first-order valence-corrected chi connectivity index (χ1v) is 10.5. The zero-order chi connectivity index (χ0) is 19.4. The highest BCUT2D eigenvalue weighted by molar-refractivity contribution is 7.99. The highest BCUT2D eigenvalue weighted by Crippen LogP contribution is 2.27. The summed E-state index contributed by atoms with van der Waals surface area (Å²) < 4.78 is 0. The molecule has 1 aromatic heterocycles. The Bertz CT molecular complexity index is 806. The van der Waals surface area contributed by atoms with E-state index in [0.29, 0.717) is 16.9 Å². The number of carbonyl (C=O) groups excluding carboxylic acids is 1. The number of hydrogen-bond acceptors (Lipinski definition) is 5. The number of amides is 1. The van der Waals surface area contributed by atoms with Crippen molar-refractivity contribution in [1.29, 1.82) is 0 Å². The highest BCUT2D eigenvalue weighted by atomic mass is 35.5. The molecule has 1 aliphatic rings. The van der Waals surface area contributed by atoms with Crippen molar-refractivity contribution in [3.63, 3.8) is 0 Å². The second-order valence-corrected chi connectivity index (χ2v) is 8.79. The zero-order valence-electron chi connectivity index (χ0n) is 15.9. The Morgan fingerprint density at radius 1 is 1.26 bits per heavy atom. The standard InChI is InChI=1S/C20H25ClN4OS/c1-13-6-14(2)10-25(9-13)18-8-20(23-12-22-18)27-11-19(26)24-17-7-16(21)5-4-15(17)3/h4-5,7-8,12-14H,6,9-11H2,1-3H3,(H,24,26)/t13-,14-/m0/s1. The molecule has 1 N–H and O–H groups in total. The Kier molecular flexibility index (Phi) is 6.60. The van der Waals surface area contributed by atoms with Crippen LogP contribution in [-0.2, 0) is 4.79 Å². The average molecular weight is 405 g/mol. The molecule has 27 heavy (non-hydrogen) atoms. The number of thioether (sulfide) groups is 1. The van der Waals surface area contributed by atoms with Gasteiger partial charge in [0, 0.05) is 29.9 Å². The summed E-state index contributed by atoms with van der Waals surface area (Å²) in [7, 11) is 0. The average Bonchev–Trinajstić information content (AvgIpc) is 2.62. The number of nitrogens with one attached hydrogen (secondary N) is 1. The second-order valence-electron chi connectivity index (χ2n) is 7.36. The van der Waals surface area contributed by atoms with Gasteiger partial charge in [0.2, 0.25) is 5.91 Å². The Labute approximate surface area is 169 Å². The molecule has 2 atom stereocenters. The lowest BCUT2D eigenvalue weighted by Crippen LogP contribution is -2.39. The molecule has 0 saturated carbocycles. The van der Waals surface area contributed by atoms with E-state index in [1.54, 1.807) is 12.4 Å². The summed E-state index contributed by atoms with van der Waals surface area (Å²) in [5.41, 5.74) is 1.73. The maximum absolute atomic E-state index is 12.3. The van der Waals surface area contributed by atoms with E-state index < -0.39 is 0 Å². The fourth-order valence-corrected chi connectivity index (χ4v) is 4.32. The van der Waals surface area contributed by atoms with Gasteiger partial charge in [-0.05, 0) is 42.9 Å². The van der Waals surface area contributed by atoms with Crippen LogP contribution in [0.4, 0.5) is 11.5 Å². The third-order valence-electron chi connectivity index (χ3n) is 4.65. The van der Waals surface area contributed by atoms with E-state index in [2.05, 4.69) is 34.0 Å². The van der Waals surface area contributed by atoms with Crippen molar-refractivity contribution in [2.24, 2.45) is 11.8 Å². The first kappa shape index (κ1) is 20.0. The Hall–Kier alpha value is -1.79. The largest absolute Gasteiger partial charge is 0.356 e. The van der Waals surface area contributed by atoms with E-state index in [1.165, 1.54) is 18.2 Å². The number of nitrogens with zero attached hydrogens (tertiary/aromatic N) is 3. The van der Waals surface area contributed by atoms with Crippen LogP contribution in [0.2, 0.25) is 5.02 Å². The molecule has 1 fully saturated rings. The number of carbonyl (C=O) groups is 1. The van der Waals surface area contributed by atoms with Gasteiger partial charge >= 0.3 is 0 Å². The second kappa shape index (κ2) is 8.93. The number of aromatic nitrogens is 2. The van der Waals surface area contributed by atoms with Crippen LogP contribution in [-0.4, -0.2) is 34.7 Å². The van der Waals surface area contributed by atoms with Gasteiger partial charge in [0.15, 0.2) is 0 Å². The van der Waals surface area contributed by atoms with Gasteiger partial charge in [-0.25, -0.2) is 9.97 Å². The van der Waals surface area contributed by atoms with Crippen LogP contribution in [0.1, 0.15) is 25.8 Å². The van der Waals surface area contributed by atoms with Crippen LogP contribution in [0.3, 0.4) is 0 Å². The smallest absolute Gasteiger partial charge is 0.234 e. The van der Waals surface area contributed by atoms with Crippen molar-refractivity contribution in [1.82, 2.24) is 9.97 Å². The van der Waals surface area contributed by atoms with Crippen LogP contribution in [0.5, 0.6) is 0 Å². The van der Waals surface area contributed by atoms with Crippen LogP contribution < -0.4 is 10.2 Å². The Morgan fingerprint density at radius 3 is 2.74 bits per heavy atom. The summed E-state index contributed by atoms with van der Waals surface area (Å²) in [6, 6.07) is 7.45. The molecule has 3 rings (SSSR count). The minimum absolute atomic E-state index is 0.0780. The van der Waals surface area contributed by atoms with Gasteiger partial charge < -0.3 is 10.2 Å². The highest BCUT2D eigenvalue weighted by Gasteiger charge is 2.23. The van der Waals surface area contributed by atoms with Gasteiger partial charge in [0.25, 0.3) is 0 Å². The minimum atomic E-state index is -0.0780. The van der Waals surface area contributed by atoms with Gasteiger partial charge in [-0.1, -0.05) is 43.3 Å².